The molecule has 1 aromatic rings. The molecule has 0 aliphatic rings. The minimum atomic E-state index is -1.10. The minimum absolute atomic E-state index is 0.121. The van der Waals surface area contributed by atoms with Crippen molar-refractivity contribution in [1.29, 1.82) is 0 Å². The van der Waals surface area contributed by atoms with E-state index in [1.165, 1.54) is 0 Å². The summed E-state index contributed by atoms with van der Waals surface area (Å²) in [5, 5.41) is 13.9. The van der Waals surface area contributed by atoms with Crippen LogP contribution >= 0.6 is 0 Å². The molecule has 1 rings (SSSR count). The number of hydrogen-bond acceptors (Lipinski definition) is 4. The fraction of sp³-hybridized carbons (Fsp3) is 0.471. The lowest BCUT2D eigenvalue weighted by atomic mass is 9.98. The zero-order valence-corrected chi connectivity index (χ0v) is 15.4. The highest BCUT2D eigenvalue weighted by Crippen LogP contribution is 2.13. The van der Waals surface area contributed by atoms with Gasteiger partial charge in [0.2, 0.25) is 0 Å². The monoisotopic (exact) mass is 368 g/mol. The fourth-order valence-corrected chi connectivity index (χ4v) is 2.72. The van der Waals surface area contributed by atoms with Crippen LogP contribution in [0.5, 0.6) is 0 Å². The molecule has 0 radical (unpaired) electrons. The molecule has 0 fully saturated rings. The van der Waals surface area contributed by atoms with Gasteiger partial charge in [-0.25, -0.2) is 4.79 Å². The van der Waals surface area contributed by atoms with Gasteiger partial charge >= 0.3 is 12.0 Å². The molecule has 2 atom stereocenters. The molecule has 2 amide bonds. The second-order valence-electron chi connectivity index (χ2n) is 6.12. The van der Waals surface area contributed by atoms with E-state index in [4.69, 9.17) is 5.11 Å². The number of rotatable bonds is 9. The first kappa shape index (κ1) is 20.8. The summed E-state index contributed by atoms with van der Waals surface area (Å²) in [5.41, 5.74) is 0.507. The van der Waals surface area contributed by atoms with Crippen molar-refractivity contribution in [3.05, 3.63) is 24.3 Å². The van der Waals surface area contributed by atoms with Crippen molar-refractivity contribution in [2.45, 2.75) is 44.0 Å². The standard InChI is InChI=1S/C17H24N2O5S/c1-11(2)10-14(15(20)8-9-16(21)22)19-17(23)18-12-4-6-13(7-5-12)25(3)24/h4-7,11,14H,8-10H2,1-3H3,(H,21,22)(H2,18,19,23)/t14-,25?/m0/s1. The normalized spacial score (nSPS) is 13.1. The Morgan fingerprint density at radius 2 is 1.72 bits per heavy atom. The Balaban J connectivity index is 2.68. The third-order valence-corrected chi connectivity index (χ3v) is 4.37. The lowest BCUT2D eigenvalue weighted by molar-refractivity contribution is -0.138. The number of amides is 2. The SMILES string of the molecule is CC(C)C[C@H](NC(=O)Nc1ccc(S(C)=O)cc1)C(=O)CCC(=O)O. The van der Waals surface area contributed by atoms with E-state index in [1.54, 1.807) is 30.5 Å². The number of urea groups is 1. The van der Waals surface area contributed by atoms with Gasteiger partial charge in [0.15, 0.2) is 5.78 Å². The highest BCUT2D eigenvalue weighted by molar-refractivity contribution is 7.84. The second kappa shape index (κ2) is 9.93. The van der Waals surface area contributed by atoms with Crippen LogP contribution in [0.2, 0.25) is 0 Å². The van der Waals surface area contributed by atoms with E-state index in [2.05, 4.69) is 10.6 Å². The Morgan fingerprint density at radius 1 is 1.12 bits per heavy atom. The molecule has 0 saturated carbocycles. The molecule has 0 bridgehead atoms. The molecule has 7 nitrogen and oxygen atoms in total. The average Bonchev–Trinajstić information content (AvgIpc) is 2.51. The molecule has 0 aliphatic carbocycles. The van der Waals surface area contributed by atoms with E-state index in [-0.39, 0.29) is 24.5 Å². The summed E-state index contributed by atoms with van der Waals surface area (Å²) in [6.07, 6.45) is 1.62. The topological polar surface area (TPSA) is 113 Å². The maximum atomic E-state index is 12.2. The van der Waals surface area contributed by atoms with Gasteiger partial charge in [0.1, 0.15) is 0 Å². The predicted octanol–water partition coefficient (Wildman–Crippen LogP) is 2.39. The van der Waals surface area contributed by atoms with Crippen LogP contribution in [0, 0.1) is 5.92 Å². The third-order valence-electron chi connectivity index (χ3n) is 3.43. The van der Waals surface area contributed by atoms with Gasteiger partial charge < -0.3 is 15.7 Å². The van der Waals surface area contributed by atoms with Crippen LogP contribution in [-0.4, -0.2) is 39.4 Å². The number of nitrogens with one attached hydrogen (secondary N) is 2. The van der Waals surface area contributed by atoms with Gasteiger partial charge in [0, 0.05) is 34.1 Å². The van der Waals surface area contributed by atoms with Crippen molar-refractivity contribution in [3.8, 4) is 0 Å². The number of ketones is 1. The summed E-state index contributed by atoms with van der Waals surface area (Å²) < 4.78 is 11.3. The van der Waals surface area contributed by atoms with Crippen LogP contribution < -0.4 is 10.6 Å². The van der Waals surface area contributed by atoms with Gasteiger partial charge in [0.25, 0.3) is 0 Å². The molecule has 3 N–H and O–H groups in total. The summed E-state index contributed by atoms with van der Waals surface area (Å²) in [7, 11) is -1.10. The first-order valence-electron chi connectivity index (χ1n) is 7.94. The Bertz CT molecular complexity index is 643. The number of carboxylic acids is 1. The van der Waals surface area contributed by atoms with Crippen LogP contribution in [0.3, 0.4) is 0 Å². The average molecular weight is 368 g/mol. The molecular formula is C17H24N2O5S. The summed E-state index contributed by atoms with van der Waals surface area (Å²) >= 11 is 0. The molecule has 0 spiro atoms. The molecule has 0 aromatic heterocycles. The highest BCUT2D eigenvalue weighted by atomic mass is 32.2. The summed E-state index contributed by atoms with van der Waals surface area (Å²) in [4.78, 5) is 35.5. The summed E-state index contributed by atoms with van der Waals surface area (Å²) in [5.74, 6) is -1.18. The number of anilines is 1. The molecule has 0 aliphatic heterocycles. The number of carbonyl (C=O) groups is 3. The van der Waals surface area contributed by atoms with E-state index in [9.17, 15) is 18.6 Å². The maximum absolute atomic E-state index is 12.2. The summed E-state index contributed by atoms with van der Waals surface area (Å²) in [6.45, 7) is 3.83. The number of benzene rings is 1. The molecule has 25 heavy (non-hydrogen) atoms. The zero-order valence-electron chi connectivity index (χ0n) is 14.6. The van der Waals surface area contributed by atoms with Crippen molar-refractivity contribution in [2.75, 3.05) is 11.6 Å². The Kier molecular flexibility index (Phi) is 8.27. The first-order valence-corrected chi connectivity index (χ1v) is 9.50. The molecule has 8 heteroatoms. The molecular weight excluding hydrogens is 344 g/mol. The Morgan fingerprint density at radius 3 is 2.20 bits per heavy atom. The third kappa shape index (κ3) is 7.93. The maximum Gasteiger partial charge on any atom is 0.319 e. The van der Waals surface area contributed by atoms with Crippen LogP contribution in [0.15, 0.2) is 29.2 Å². The van der Waals surface area contributed by atoms with Gasteiger partial charge in [-0.15, -0.1) is 0 Å². The van der Waals surface area contributed by atoms with Crippen LogP contribution in [0.25, 0.3) is 0 Å². The van der Waals surface area contributed by atoms with Crippen molar-refractivity contribution < 1.29 is 23.7 Å². The van der Waals surface area contributed by atoms with Crippen LogP contribution in [-0.2, 0) is 20.4 Å². The van der Waals surface area contributed by atoms with E-state index >= 15 is 0 Å². The van der Waals surface area contributed by atoms with E-state index in [0.717, 1.165) is 0 Å². The minimum Gasteiger partial charge on any atom is -0.481 e. The van der Waals surface area contributed by atoms with E-state index < -0.39 is 28.8 Å². The molecule has 0 saturated heterocycles. The number of hydrogen-bond donors (Lipinski definition) is 3. The zero-order chi connectivity index (χ0) is 19.0. The molecule has 1 aromatic carbocycles. The number of aliphatic carboxylic acids is 1. The van der Waals surface area contributed by atoms with Crippen molar-refractivity contribution in [3.63, 3.8) is 0 Å². The smallest absolute Gasteiger partial charge is 0.319 e. The number of Topliss-reactive ketones (excluding diaryl/α,β-unsaturated/α-hetero) is 1. The van der Waals surface area contributed by atoms with E-state index in [0.29, 0.717) is 17.0 Å². The second-order valence-corrected chi connectivity index (χ2v) is 7.50. The van der Waals surface area contributed by atoms with Gasteiger partial charge in [-0.3, -0.25) is 13.8 Å². The van der Waals surface area contributed by atoms with Gasteiger partial charge in [-0.1, -0.05) is 13.8 Å². The van der Waals surface area contributed by atoms with Gasteiger partial charge in [-0.05, 0) is 36.6 Å². The van der Waals surface area contributed by atoms with Crippen LogP contribution in [0.4, 0.5) is 10.5 Å². The van der Waals surface area contributed by atoms with E-state index in [1.807, 2.05) is 13.8 Å². The largest absolute Gasteiger partial charge is 0.481 e. The Hall–Kier alpha value is -2.22. The lowest BCUT2D eigenvalue weighted by Gasteiger charge is -2.19. The molecule has 0 heterocycles. The van der Waals surface area contributed by atoms with Crippen LogP contribution in [0.1, 0.15) is 33.1 Å². The van der Waals surface area contributed by atoms with Gasteiger partial charge in [-0.2, -0.15) is 0 Å². The number of carboxylic acid groups (broad SMARTS) is 1. The molecule has 138 valence electrons. The van der Waals surface area contributed by atoms with Gasteiger partial charge in [0.05, 0.1) is 12.5 Å². The predicted molar refractivity (Wildman–Crippen MR) is 96.0 cm³/mol. The molecule has 1 unspecified atom stereocenters. The first-order chi connectivity index (χ1) is 11.7. The van der Waals surface area contributed by atoms with Crippen molar-refractivity contribution >= 4 is 34.3 Å². The quantitative estimate of drug-likeness (QED) is 0.619. The van der Waals surface area contributed by atoms with Crippen molar-refractivity contribution in [2.24, 2.45) is 5.92 Å². The fourth-order valence-electron chi connectivity index (χ4n) is 2.20. The Labute approximate surface area is 149 Å². The van der Waals surface area contributed by atoms with Crippen molar-refractivity contribution in [1.82, 2.24) is 5.32 Å². The summed E-state index contributed by atoms with van der Waals surface area (Å²) in [6, 6.07) is 5.27. The highest BCUT2D eigenvalue weighted by Gasteiger charge is 2.22. The number of carbonyl (C=O) groups excluding carboxylic acids is 2. The lowest BCUT2D eigenvalue weighted by Crippen LogP contribution is -2.43.